The highest BCUT2D eigenvalue weighted by Crippen LogP contribution is 2.41. The lowest BCUT2D eigenvalue weighted by Crippen LogP contribution is -2.41. The first-order chi connectivity index (χ1) is 6.64. The van der Waals surface area contributed by atoms with Crippen molar-refractivity contribution in [1.82, 2.24) is 0 Å². The minimum Gasteiger partial charge on any atom is -0.499 e. The van der Waals surface area contributed by atoms with E-state index in [0.717, 1.165) is 12.2 Å². The van der Waals surface area contributed by atoms with Gasteiger partial charge in [0.2, 0.25) is 5.41 Å². The molecule has 2 rings (SSSR count). The summed E-state index contributed by atoms with van der Waals surface area (Å²) in [7, 11) is 1.35. The molecule has 0 aromatic rings. The molecule has 0 aromatic carbocycles. The standard InChI is InChI=1S/C10H8O4/c1-14-9-5-4-8(13)10(9)6(11)2-3-7(10)12/h2-3,5H,4H2,1H3. The second-order valence-corrected chi connectivity index (χ2v) is 3.21. The summed E-state index contributed by atoms with van der Waals surface area (Å²) in [6.07, 6.45) is 3.85. The Morgan fingerprint density at radius 1 is 1.21 bits per heavy atom. The molecule has 0 radical (unpaired) electrons. The SMILES string of the molecule is COC1=CCC(=O)C12C(=O)C=CC2=O. The van der Waals surface area contributed by atoms with Gasteiger partial charge in [0.15, 0.2) is 17.3 Å². The van der Waals surface area contributed by atoms with Crippen molar-refractivity contribution >= 4 is 17.3 Å². The average molecular weight is 192 g/mol. The second kappa shape index (κ2) is 2.64. The number of Topliss-reactive ketones (excluding diaryl/α,β-unsaturated/α-hetero) is 1. The summed E-state index contributed by atoms with van der Waals surface area (Å²) < 4.78 is 4.92. The number of ketones is 3. The van der Waals surface area contributed by atoms with E-state index in [-0.39, 0.29) is 12.2 Å². The van der Waals surface area contributed by atoms with Gasteiger partial charge < -0.3 is 4.74 Å². The van der Waals surface area contributed by atoms with Gasteiger partial charge in [-0.25, -0.2) is 0 Å². The van der Waals surface area contributed by atoms with Crippen LogP contribution in [0.2, 0.25) is 0 Å². The van der Waals surface area contributed by atoms with Crippen LogP contribution in [0, 0.1) is 5.41 Å². The van der Waals surface area contributed by atoms with Crippen LogP contribution in [-0.4, -0.2) is 24.5 Å². The van der Waals surface area contributed by atoms with E-state index in [1.165, 1.54) is 13.2 Å². The van der Waals surface area contributed by atoms with Gasteiger partial charge in [0.05, 0.1) is 7.11 Å². The topological polar surface area (TPSA) is 60.4 Å². The summed E-state index contributed by atoms with van der Waals surface area (Å²) in [4.78, 5) is 34.7. The zero-order valence-corrected chi connectivity index (χ0v) is 7.57. The number of ether oxygens (including phenoxy) is 1. The van der Waals surface area contributed by atoms with Crippen LogP contribution in [0.15, 0.2) is 24.0 Å². The highest BCUT2D eigenvalue weighted by Gasteiger charge is 2.58. The predicted octanol–water partition coefficient (Wildman–Crippen LogP) is 0.184. The van der Waals surface area contributed by atoms with Crippen LogP contribution in [0.3, 0.4) is 0 Å². The molecule has 72 valence electrons. The number of allylic oxidation sites excluding steroid dienone is 4. The van der Waals surface area contributed by atoms with Crippen LogP contribution in [0.1, 0.15) is 6.42 Å². The maximum absolute atomic E-state index is 11.6. The Morgan fingerprint density at radius 2 is 1.79 bits per heavy atom. The Bertz CT molecular complexity index is 382. The van der Waals surface area contributed by atoms with Gasteiger partial charge in [-0.3, -0.25) is 14.4 Å². The van der Waals surface area contributed by atoms with Crippen LogP contribution in [-0.2, 0) is 19.1 Å². The fourth-order valence-electron chi connectivity index (χ4n) is 1.91. The van der Waals surface area contributed by atoms with Crippen molar-refractivity contribution < 1.29 is 19.1 Å². The molecule has 0 saturated carbocycles. The average Bonchev–Trinajstić information content (AvgIpc) is 2.65. The minimum atomic E-state index is -1.66. The quantitative estimate of drug-likeness (QED) is 0.556. The number of hydrogen-bond donors (Lipinski definition) is 0. The van der Waals surface area contributed by atoms with Crippen LogP contribution < -0.4 is 0 Å². The van der Waals surface area contributed by atoms with Crippen molar-refractivity contribution in [2.24, 2.45) is 5.41 Å². The molecule has 0 N–H and O–H groups in total. The number of carbonyl (C=O) groups excluding carboxylic acids is 3. The number of rotatable bonds is 1. The fourth-order valence-corrected chi connectivity index (χ4v) is 1.91. The van der Waals surface area contributed by atoms with Crippen LogP contribution in [0.4, 0.5) is 0 Å². The van der Waals surface area contributed by atoms with Crippen molar-refractivity contribution in [1.29, 1.82) is 0 Å². The van der Waals surface area contributed by atoms with Gasteiger partial charge >= 0.3 is 0 Å². The maximum atomic E-state index is 11.6. The minimum absolute atomic E-state index is 0.0856. The van der Waals surface area contributed by atoms with Gasteiger partial charge in [-0.05, 0) is 18.2 Å². The van der Waals surface area contributed by atoms with Gasteiger partial charge in [-0.2, -0.15) is 0 Å². The van der Waals surface area contributed by atoms with Crippen molar-refractivity contribution in [3.8, 4) is 0 Å². The van der Waals surface area contributed by atoms with E-state index in [1.54, 1.807) is 0 Å². The molecule has 2 aliphatic rings. The Morgan fingerprint density at radius 3 is 2.29 bits per heavy atom. The van der Waals surface area contributed by atoms with Crippen molar-refractivity contribution in [2.75, 3.05) is 7.11 Å². The summed E-state index contributed by atoms with van der Waals surface area (Å²) in [5.74, 6) is -1.20. The lowest BCUT2D eigenvalue weighted by Gasteiger charge is -2.20. The molecule has 1 spiro atoms. The summed E-state index contributed by atoms with van der Waals surface area (Å²) in [5.41, 5.74) is -1.66. The van der Waals surface area contributed by atoms with Gasteiger partial charge in [0, 0.05) is 6.42 Å². The van der Waals surface area contributed by atoms with Crippen LogP contribution >= 0.6 is 0 Å². The predicted molar refractivity (Wildman–Crippen MR) is 46.3 cm³/mol. The number of hydrogen-bond acceptors (Lipinski definition) is 4. The second-order valence-electron chi connectivity index (χ2n) is 3.21. The van der Waals surface area contributed by atoms with E-state index in [4.69, 9.17) is 4.74 Å². The smallest absolute Gasteiger partial charge is 0.210 e. The van der Waals surface area contributed by atoms with Crippen molar-refractivity contribution in [3.63, 3.8) is 0 Å². The third-order valence-corrected chi connectivity index (χ3v) is 2.61. The first kappa shape index (κ1) is 8.87. The van der Waals surface area contributed by atoms with Crippen molar-refractivity contribution in [3.05, 3.63) is 24.0 Å². The molecule has 2 aliphatic carbocycles. The number of carbonyl (C=O) groups is 3. The van der Waals surface area contributed by atoms with E-state index in [9.17, 15) is 14.4 Å². The van der Waals surface area contributed by atoms with Gasteiger partial charge in [-0.15, -0.1) is 0 Å². The largest absolute Gasteiger partial charge is 0.499 e. The zero-order chi connectivity index (χ0) is 10.3. The molecular formula is C10H8O4. The van der Waals surface area contributed by atoms with Crippen LogP contribution in [0.25, 0.3) is 0 Å². The van der Waals surface area contributed by atoms with Gasteiger partial charge in [-0.1, -0.05) is 0 Å². The Hall–Kier alpha value is -1.71. The molecule has 0 heterocycles. The van der Waals surface area contributed by atoms with E-state index < -0.39 is 22.8 Å². The molecule has 0 amide bonds. The molecule has 4 heteroatoms. The first-order valence-electron chi connectivity index (χ1n) is 4.19. The highest BCUT2D eigenvalue weighted by molar-refractivity contribution is 6.37. The molecule has 0 aliphatic heterocycles. The Kier molecular flexibility index (Phi) is 1.67. The zero-order valence-electron chi connectivity index (χ0n) is 7.57. The first-order valence-corrected chi connectivity index (χ1v) is 4.19. The molecule has 4 nitrogen and oxygen atoms in total. The lowest BCUT2D eigenvalue weighted by atomic mass is 9.80. The Labute approximate surface area is 80.2 Å². The summed E-state index contributed by atoms with van der Waals surface area (Å²) >= 11 is 0. The van der Waals surface area contributed by atoms with E-state index in [2.05, 4.69) is 0 Å². The molecule has 0 unspecified atom stereocenters. The van der Waals surface area contributed by atoms with Crippen molar-refractivity contribution in [2.45, 2.75) is 6.42 Å². The summed E-state index contributed by atoms with van der Waals surface area (Å²) in [6.45, 7) is 0. The Balaban J connectivity index is 2.58. The maximum Gasteiger partial charge on any atom is 0.210 e. The summed E-state index contributed by atoms with van der Waals surface area (Å²) in [5, 5.41) is 0. The van der Waals surface area contributed by atoms with Crippen LogP contribution in [0.5, 0.6) is 0 Å². The van der Waals surface area contributed by atoms with E-state index in [1.807, 2.05) is 0 Å². The number of methoxy groups -OCH3 is 1. The molecule has 0 aromatic heterocycles. The third kappa shape index (κ3) is 0.755. The molecule has 0 fully saturated rings. The normalized spacial score (nSPS) is 23.5. The van der Waals surface area contributed by atoms with E-state index in [0.29, 0.717) is 0 Å². The molecule has 0 bridgehead atoms. The van der Waals surface area contributed by atoms with Gasteiger partial charge in [0.25, 0.3) is 0 Å². The monoisotopic (exact) mass is 192 g/mol. The molecule has 0 saturated heterocycles. The molecule has 14 heavy (non-hydrogen) atoms. The summed E-state index contributed by atoms with van der Waals surface area (Å²) in [6, 6.07) is 0. The molecular weight excluding hydrogens is 184 g/mol. The highest BCUT2D eigenvalue weighted by atomic mass is 16.5. The molecule has 0 atom stereocenters. The third-order valence-electron chi connectivity index (χ3n) is 2.61. The van der Waals surface area contributed by atoms with E-state index >= 15 is 0 Å². The lowest BCUT2D eigenvalue weighted by molar-refractivity contribution is -0.141. The van der Waals surface area contributed by atoms with Gasteiger partial charge in [0.1, 0.15) is 5.76 Å². The fraction of sp³-hybridized carbons (Fsp3) is 0.300.